The van der Waals surface area contributed by atoms with Gasteiger partial charge in [0.1, 0.15) is 11.5 Å². The van der Waals surface area contributed by atoms with E-state index in [4.69, 9.17) is 0 Å². The van der Waals surface area contributed by atoms with Crippen molar-refractivity contribution in [3.05, 3.63) is 88.1 Å². The number of hydrogen-bond acceptors (Lipinski definition) is 4. The number of aromatic nitrogens is 2. The number of carbonyl (C=O) groups is 2. The molecule has 0 radical (unpaired) electrons. The first kappa shape index (κ1) is 20.9. The van der Waals surface area contributed by atoms with E-state index in [2.05, 4.69) is 10.4 Å². The van der Waals surface area contributed by atoms with Crippen LogP contribution in [0.3, 0.4) is 0 Å². The second-order valence-electron chi connectivity index (χ2n) is 6.46. The van der Waals surface area contributed by atoms with Gasteiger partial charge in [0.05, 0.1) is 5.69 Å². The molecule has 0 spiro atoms. The molecule has 30 heavy (non-hydrogen) atoms. The van der Waals surface area contributed by atoms with E-state index in [1.807, 2.05) is 13.8 Å². The summed E-state index contributed by atoms with van der Waals surface area (Å²) in [7, 11) is 0. The number of nitrogens with zero attached hydrogens (tertiary/aromatic N) is 3. The minimum absolute atomic E-state index is 0.000558. The third kappa shape index (κ3) is 4.60. The highest BCUT2D eigenvalue weighted by Gasteiger charge is 2.15. The van der Waals surface area contributed by atoms with Gasteiger partial charge in [0, 0.05) is 30.4 Å². The van der Waals surface area contributed by atoms with Gasteiger partial charge in [-0.05, 0) is 62.4 Å². The van der Waals surface area contributed by atoms with Crippen LogP contribution in [0.5, 0.6) is 0 Å². The van der Waals surface area contributed by atoms with Gasteiger partial charge in [0.25, 0.3) is 17.4 Å². The van der Waals surface area contributed by atoms with E-state index in [1.54, 1.807) is 29.2 Å². The summed E-state index contributed by atoms with van der Waals surface area (Å²) in [5.41, 5.74) is 0.771. The molecule has 0 bridgehead atoms. The molecule has 2 amide bonds. The Kier molecular flexibility index (Phi) is 6.36. The molecule has 7 nitrogen and oxygen atoms in total. The predicted molar refractivity (Wildman–Crippen MR) is 111 cm³/mol. The SMILES string of the molecule is CCN(CC)C(=O)c1cccc(NC(=O)c2ccc(=O)n(-c3ccc(F)cc3)n2)c1. The maximum atomic E-state index is 13.1. The average molecular weight is 408 g/mol. The lowest BCUT2D eigenvalue weighted by Gasteiger charge is -2.19. The number of hydrogen-bond donors (Lipinski definition) is 1. The van der Waals surface area contributed by atoms with Crippen molar-refractivity contribution in [3.8, 4) is 5.69 Å². The fourth-order valence-electron chi connectivity index (χ4n) is 2.92. The fourth-order valence-corrected chi connectivity index (χ4v) is 2.92. The van der Waals surface area contributed by atoms with Crippen molar-refractivity contribution in [1.82, 2.24) is 14.7 Å². The van der Waals surface area contributed by atoms with Gasteiger partial charge in [-0.2, -0.15) is 9.78 Å². The summed E-state index contributed by atoms with van der Waals surface area (Å²) >= 11 is 0. The molecule has 8 heteroatoms. The van der Waals surface area contributed by atoms with Gasteiger partial charge in [-0.15, -0.1) is 0 Å². The van der Waals surface area contributed by atoms with Gasteiger partial charge in [-0.25, -0.2) is 4.39 Å². The molecule has 0 fully saturated rings. The van der Waals surface area contributed by atoms with Crippen molar-refractivity contribution in [2.45, 2.75) is 13.8 Å². The molecule has 0 atom stereocenters. The predicted octanol–water partition coefficient (Wildman–Crippen LogP) is 3.11. The van der Waals surface area contributed by atoms with E-state index in [1.165, 1.54) is 36.4 Å². The Morgan fingerprint density at radius 2 is 1.73 bits per heavy atom. The highest BCUT2D eigenvalue weighted by molar-refractivity contribution is 6.03. The van der Waals surface area contributed by atoms with Crippen LogP contribution in [0.1, 0.15) is 34.7 Å². The molecule has 0 saturated heterocycles. The molecular weight excluding hydrogens is 387 g/mol. The number of carbonyl (C=O) groups excluding carboxylic acids is 2. The Balaban J connectivity index is 1.84. The van der Waals surface area contributed by atoms with Crippen LogP contribution >= 0.6 is 0 Å². The van der Waals surface area contributed by atoms with Gasteiger partial charge in [0.15, 0.2) is 0 Å². The van der Waals surface area contributed by atoms with Crippen LogP contribution in [0.2, 0.25) is 0 Å². The summed E-state index contributed by atoms with van der Waals surface area (Å²) in [4.78, 5) is 39.0. The van der Waals surface area contributed by atoms with Crippen LogP contribution in [-0.4, -0.2) is 39.6 Å². The van der Waals surface area contributed by atoms with E-state index in [-0.39, 0.29) is 11.6 Å². The molecule has 0 aliphatic heterocycles. The van der Waals surface area contributed by atoms with Gasteiger partial charge in [-0.1, -0.05) is 6.07 Å². The maximum Gasteiger partial charge on any atom is 0.276 e. The second-order valence-corrected chi connectivity index (χ2v) is 6.46. The van der Waals surface area contributed by atoms with Gasteiger partial charge < -0.3 is 10.2 Å². The third-order valence-electron chi connectivity index (χ3n) is 4.52. The Bertz CT molecular complexity index is 1120. The van der Waals surface area contributed by atoms with Crippen molar-refractivity contribution in [2.24, 2.45) is 0 Å². The van der Waals surface area contributed by atoms with Gasteiger partial charge >= 0.3 is 0 Å². The zero-order valence-corrected chi connectivity index (χ0v) is 16.6. The number of benzene rings is 2. The number of amides is 2. The first-order valence-electron chi connectivity index (χ1n) is 9.50. The molecular formula is C22H21FN4O3. The maximum absolute atomic E-state index is 13.1. The van der Waals surface area contributed by atoms with Crippen molar-refractivity contribution in [1.29, 1.82) is 0 Å². The van der Waals surface area contributed by atoms with E-state index < -0.39 is 17.3 Å². The zero-order valence-electron chi connectivity index (χ0n) is 16.6. The molecule has 3 aromatic rings. The molecule has 1 N–H and O–H groups in total. The van der Waals surface area contributed by atoms with Crippen LogP contribution in [0.15, 0.2) is 65.5 Å². The molecule has 3 rings (SSSR count). The standard InChI is InChI=1S/C22H21FN4O3/c1-3-26(4-2)22(30)15-6-5-7-17(14-15)24-21(29)19-12-13-20(28)27(25-19)18-10-8-16(23)9-11-18/h5-14H,3-4H2,1-2H3,(H,24,29). The smallest absolute Gasteiger partial charge is 0.276 e. The molecule has 0 unspecified atom stereocenters. The van der Waals surface area contributed by atoms with E-state index in [0.29, 0.717) is 30.0 Å². The van der Waals surface area contributed by atoms with Crippen LogP contribution in [0, 0.1) is 5.82 Å². The largest absolute Gasteiger partial charge is 0.339 e. The van der Waals surface area contributed by atoms with Crippen LogP contribution in [0.4, 0.5) is 10.1 Å². The first-order valence-corrected chi connectivity index (χ1v) is 9.50. The highest BCUT2D eigenvalue weighted by Crippen LogP contribution is 2.14. The minimum atomic E-state index is -0.543. The summed E-state index contributed by atoms with van der Waals surface area (Å²) in [6.45, 7) is 4.96. The summed E-state index contributed by atoms with van der Waals surface area (Å²) in [6.07, 6.45) is 0. The summed E-state index contributed by atoms with van der Waals surface area (Å²) in [6, 6.07) is 14.3. The summed E-state index contributed by atoms with van der Waals surface area (Å²) in [5.74, 6) is -1.11. The van der Waals surface area contributed by atoms with E-state index >= 15 is 0 Å². The van der Waals surface area contributed by atoms with Gasteiger partial charge in [0.2, 0.25) is 0 Å². The molecule has 0 aliphatic carbocycles. The third-order valence-corrected chi connectivity index (χ3v) is 4.52. The number of nitrogens with one attached hydrogen (secondary N) is 1. The van der Waals surface area contributed by atoms with Crippen molar-refractivity contribution in [2.75, 3.05) is 18.4 Å². The zero-order chi connectivity index (χ0) is 21.7. The van der Waals surface area contributed by atoms with Crippen molar-refractivity contribution in [3.63, 3.8) is 0 Å². The van der Waals surface area contributed by atoms with Gasteiger partial charge in [-0.3, -0.25) is 14.4 Å². The lowest BCUT2D eigenvalue weighted by Crippen LogP contribution is -2.30. The monoisotopic (exact) mass is 408 g/mol. The van der Waals surface area contributed by atoms with Crippen molar-refractivity contribution >= 4 is 17.5 Å². The van der Waals surface area contributed by atoms with E-state index in [9.17, 15) is 18.8 Å². The highest BCUT2D eigenvalue weighted by atomic mass is 19.1. The molecule has 0 saturated carbocycles. The van der Waals surface area contributed by atoms with Crippen LogP contribution in [-0.2, 0) is 0 Å². The quantitative estimate of drug-likeness (QED) is 0.679. The Morgan fingerprint density at radius 1 is 1.03 bits per heavy atom. The minimum Gasteiger partial charge on any atom is -0.339 e. The van der Waals surface area contributed by atoms with E-state index in [0.717, 1.165) is 4.68 Å². The summed E-state index contributed by atoms with van der Waals surface area (Å²) < 4.78 is 14.2. The molecule has 0 aliphatic rings. The first-order chi connectivity index (χ1) is 14.4. The fraction of sp³-hybridized carbons (Fsp3) is 0.182. The Labute approximate surface area is 172 Å². The number of rotatable bonds is 6. The molecule has 1 heterocycles. The molecule has 2 aromatic carbocycles. The summed E-state index contributed by atoms with van der Waals surface area (Å²) in [5, 5.41) is 6.76. The van der Waals surface area contributed by atoms with Crippen LogP contribution in [0.25, 0.3) is 5.69 Å². The lowest BCUT2D eigenvalue weighted by atomic mass is 10.1. The lowest BCUT2D eigenvalue weighted by molar-refractivity contribution is 0.0772. The number of anilines is 1. The second kappa shape index (κ2) is 9.13. The normalized spacial score (nSPS) is 10.5. The van der Waals surface area contributed by atoms with Crippen molar-refractivity contribution < 1.29 is 14.0 Å². The Morgan fingerprint density at radius 3 is 2.40 bits per heavy atom. The van der Waals surface area contributed by atoms with Crippen LogP contribution < -0.4 is 10.9 Å². The average Bonchev–Trinajstić information content (AvgIpc) is 2.75. The Hall–Kier alpha value is -3.81. The topological polar surface area (TPSA) is 84.3 Å². The molecule has 154 valence electrons. The molecule has 1 aromatic heterocycles. The number of halogens is 1.